The summed E-state index contributed by atoms with van der Waals surface area (Å²) >= 11 is 0. The van der Waals surface area contributed by atoms with E-state index in [1.807, 2.05) is 65.8 Å². The Hall–Kier alpha value is -3.34. The van der Waals surface area contributed by atoms with Crippen molar-refractivity contribution in [3.63, 3.8) is 0 Å². The van der Waals surface area contributed by atoms with Crippen molar-refractivity contribution in [1.29, 1.82) is 5.26 Å². The highest BCUT2D eigenvalue weighted by Gasteiger charge is 2.24. The molecule has 1 aliphatic rings. The van der Waals surface area contributed by atoms with E-state index in [-0.39, 0.29) is 18.6 Å². The normalized spacial score (nSPS) is 15.6. The number of nitrogens with zero attached hydrogens (tertiary/aromatic N) is 3. The van der Waals surface area contributed by atoms with Crippen LogP contribution in [0.3, 0.4) is 0 Å². The molecule has 0 aliphatic carbocycles. The van der Waals surface area contributed by atoms with Crippen LogP contribution in [0.2, 0.25) is 0 Å². The molecule has 1 amide bonds. The minimum Gasteiger partial charge on any atom is -0.468 e. The van der Waals surface area contributed by atoms with Crippen LogP contribution in [0.15, 0.2) is 53.1 Å². The van der Waals surface area contributed by atoms with E-state index < -0.39 is 0 Å². The van der Waals surface area contributed by atoms with E-state index in [2.05, 4.69) is 11.4 Å². The van der Waals surface area contributed by atoms with E-state index in [0.29, 0.717) is 31.0 Å². The zero-order valence-electron chi connectivity index (χ0n) is 19.2. The van der Waals surface area contributed by atoms with E-state index in [1.54, 1.807) is 6.26 Å². The number of hydrogen-bond acceptors (Lipinski definition) is 5. The molecule has 0 radical (unpaired) electrons. The van der Waals surface area contributed by atoms with Crippen LogP contribution in [-0.2, 0) is 29.2 Å². The van der Waals surface area contributed by atoms with Gasteiger partial charge in [0.05, 0.1) is 37.6 Å². The number of benzene rings is 1. The van der Waals surface area contributed by atoms with Gasteiger partial charge in [0.1, 0.15) is 17.6 Å². The summed E-state index contributed by atoms with van der Waals surface area (Å²) in [7, 11) is 0. The average Bonchev–Trinajstić information content (AvgIpc) is 3.55. The molecule has 172 valence electrons. The lowest BCUT2D eigenvalue weighted by molar-refractivity contribution is -0.117. The van der Waals surface area contributed by atoms with E-state index >= 15 is 0 Å². The highest BCUT2D eigenvalue weighted by molar-refractivity contribution is 5.93. The predicted octanol–water partition coefficient (Wildman–Crippen LogP) is 4.39. The molecule has 1 atom stereocenters. The second-order valence-electron chi connectivity index (χ2n) is 8.55. The van der Waals surface area contributed by atoms with Gasteiger partial charge < -0.3 is 19.0 Å². The number of carbonyl (C=O) groups excluding carboxylic acids is 1. The summed E-state index contributed by atoms with van der Waals surface area (Å²) in [6, 6.07) is 16.1. The summed E-state index contributed by atoms with van der Waals surface area (Å²) in [5, 5.41) is 12.8. The number of amides is 1. The van der Waals surface area contributed by atoms with Crippen LogP contribution < -0.4 is 5.32 Å². The Balaban J connectivity index is 1.52. The highest BCUT2D eigenvalue weighted by Crippen LogP contribution is 2.28. The van der Waals surface area contributed by atoms with Crippen molar-refractivity contribution in [2.45, 2.75) is 52.4 Å². The molecule has 1 N–H and O–H groups in total. The summed E-state index contributed by atoms with van der Waals surface area (Å²) in [4.78, 5) is 15.2. The van der Waals surface area contributed by atoms with Gasteiger partial charge in [-0.25, -0.2) is 0 Å². The first kappa shape index (κ1) is 22.8. The molecule has 1 aliphatic heterocycles. The summed E-state index contributed by atoms with van der Waals surface area (Å²) in [6.07, 6.45) is 3.77. The molecule has 1 aromatic carbocycles. The lowest BCUT2D eigenvalue weighted by Crippen LogP contribution is -2.33. The van der Waals surface area contributed by atoms with Crippen LogP contribution >= 0.6 is 0 Å². The Bertz CT molecular complexity index is 1110. The van der Waals surface area contributed by atoms with Crippen LogP contribution in [-0.4, -0.2) is 34.6 Å². The van der Waals surface area contributed by atoms with Crippen molar-refractivity contribution >= 4 is 11.7 Å². The SMILES string of the molecule is Cc1c(C#N)c(NC(=O)CN(Cc2ccccc2)Cc2ccco2)n(CC2CCCO2)c1C. The Morgan fingerprint density at radius 3 is 2.70 bits per heavy atom. The van der Waals surface area contributed by atoms with E-state index in [1.165, 1.54) is 0 Å². The number of carbonyl (C=O) groups is 1. The van der Waals surface area contributed by atoms with Gasteiger partial charge in [-0.05, 0) is 49.9 Å². The molecule has 7 heteroatoms. The predicted molar refractivity (Wildman–Crippen MR) is 125 cm³/mol. The highest BCUT2D eigenvalue weighted by atomic mass is 16.5. The molecule has 0 saturated carbocycles. The maximum atomic E-state index is 13.2. The number of anilines is 1. The molecule has 2 aromatic heterocycles. The Kier molecular flexibility index (Phi) is 7.28. The zero-order valence-corrected chi connectivity index (χ0v) is 19.2. The van der Waals surface area contributed by atoms with Crippen molar-refractivity contribution in [3.8, 4) is 6.07 Å². The minimum atomic E-state index is -0.167. The molecule has 1 unspecified atom stereocenters. The molecule has 33 heavy (non-hydrogen) atoms. The Morgan fingerprint density at radius 1 is 1.21 bits per heavy atom. The van der Waals surface area contributed by atoms with Crippen LogP contribution in [0.5, 0.6) is 0 Å². The van der Waals surface area contributed by atoms with Gasteiger partial charge in [0.15, 0.2) is 0 Å². The van der Waals surface area contributed by atoms with Gasteiger partial charge in [0, 0.05) is 18.8 Å². The quantitative estimate of drug-likeness (QED) is 0.527. The molecule has 0 spiro atoms. The van der Waals surface area contributed by atoms with Crippen molar-refractivity contribution in [3.05, 3.63) is 76.9 Å². The minimum absolute atomic E-state index is 0.103. The first-order chi connectivity index (χ1) is 16.0. The molecule has 0 bridgehead atoms. The first-order valence-corrected chi connectivity index (χ1v) is 11.3. The fraction of sp³-hybridized carbons (Fsp3) is 0.385. The third-order valence-electron chi connectivity index (χ3n) is 6.18. The largest absolute Gasteiger partial charge is 0.468 e. The molecule has 1 fully saturated rings. The topological polar surface area (TPSA) is 83.4 Å². The maximum absolute atomic E-state index is 13.2. The molecular weight excluding hydrogens is 416 g/mol. The summed E-state index contributed by atoms with van der Waals surface area (Å²) in [5.41, 5.74) is 3.50. The van der Waals surface area contributed by atoms with Gasteiger partial charge >= 0.3 is 0 Å². The third-order valence-corrected chi connectivity index (χ3v) is 6.18. The van der Waals surface area contributed by atoms with Crippen molar-refractivity contribution < 1.29 is 13.9 Å². The van der Waals surface area contributed by atoms with Gasteiger partial charge in [-0.1, -0.05) is 30.3 Å². The number of furan rings is 1. The van der Waals surface area contributed by atoms with Crippen LogP contribution in [0, 0.1) is 25.2 Å². The van der Waals surface area contributed by atoms with Crippen molar-refractivity contribution in [2.24, 2.45) is 0 Å². The van der Waals surface area contributed by atoms with Gasteiger partial charge in [0.25, 0.3) is 0 Å². The van der Waals surface area contributed by atoms with Crippen LogP contribution in [0.25, 0.3) is 0 Å². The fourth-order valence-electron chi connectivity index (χ4n) is 4.36. The van der Waals surface area contributed by atoms with Crippen LogP contribution in [0.1, 0.15) is 41.0 Å². The maximum Gasteiger partial charge on any atom is 0.239 e. The second kappa shape index (κ2) is 10.5. The molecular formula is C26H30N4O3. The van der Waals surface area contributed by atoms with Crippen LogP contribution in [0.4, 0.5) is 5.82 Å². The number of hydrogen-bond donors (Lipinski definition) is 1. The van der Waals surface area contributed by atoms with E-state index in [0.717, 1.165) is 42.0 Å². The van der Waals surface area contributed by atoms with Gasteiger partial charge in [-0.2, -0.15) is 5.26 Å². The second-order valence-corrected chi connectivity index (χ2v) is 8.55. The smallest absolute Gasteiger partial charge is 0.239 e. The lowest BCUT2D eigenvalue weighted by atomic mass is 10.2. The summed E-state index contributed by atoms with van der Waals surface area (Å²) in [6.45, 7) is 6.59. The molecule has 1 saturated heterocycles. The Labute approximate surface area is 194 Å². The first-order valence-electron chi connectivity index (χ1n) is 11.3. The van der Waals surface area contributed by atoms with Gasteiger partial charge in [0.2, 0.25) is 5.91 Å². The van der Waals surface area contributed by atoms with E-state index in [4.69, 9.17) is 9.15 Å². The zero-order chi connectivity index (χ0) is 23.2. The fourth-order valence-corrected chi connectivity index (χ4v) is 4.36. The Morgan fingerprint density at radius 2 is 2.03 bits per heavy atom. The number of nitriles is 1. The number of aromatic nitrogens is 1. The summed E-state index contributed by atoms with van der Waals surface area (Å²) in [5.74, 6) is 1.19. The number of nitrogens with one attached hydrogen (secondary N) is 1. The van der Waals surface area contributed by atoms with Crippen molar-refractivity contribution in [1.82, 2.24) is 9.47 Å². The molecule has 7 nitrogen and oxygen atoms in total. The monoisotopic (exact) mass is 446 g/mol. The lowest BCUT2D eigenvalue weighted by Gasteiger charge is -2.22. The average molecular weight is 447 g/mol. The van der Waals surface area contributed by atoms with Gasteiger partial charge in [-0.15, -0.1) is 0 Å². The number of ether oxygens (including phenoxy) is 1. The third kappa shape index (κ3) is 5.54. The summed E-state index contributed by atoms with van der Waals surface area (Å²) < 4.78 is 13.3. The van der Waals surface area contributed by atoms with Crippen molar-refractivity contribution in [2.75, 3.05) is 18.5 Å². The van der Waals surface area contributed by atoms with E-state index in [9.17, 15) is 10.1 Å². The van der Waals surface area contributed by atoms with Gasteiger partial charge in [-0.3, -0.25) is 9.69 Å². The standard InChI is InChI=1S/C26H30N4O3/c1-19-20(2)30(17-23-11-7-13-33-23)26(24(19)14-27)28-25(31)18-29(16-22-10-6-12-32-22)15-21-8-4-3-5-9-21/h3-6,8-10,12,23H,7,11,13,15-18H2,1-2H3,(H,28,31). The molecule has 3 aromatic rings. The number of rotatable bonds is 9. The molecule has 3 heterocycles. The molecule has 4 rings (SSSR count).